The molecule has 0 aliphatic heterocycles. The highest BCUT2D eigenvalue weighted by Crippen LogP contribution is 2.48. The van der Waals surface area contributed by atoms with Crippen LogP contribution < -0.4 is 0 Å². The van der Waals surface area contributed by atoms with Crippen LogP contribution in [0.5, 0.6) is 0 Å². The fourth-order valence-corrected chi connectivity index (χ4v) is 11.4. The zero-order valence-electron chi connectivity index (χ0n) is 37.2. The minimum Gasteiger partial charge on any atom is -0.307 e. The molecule has 0 fully saturated rings. The topological polar surface area (TPSA) is 43.5 Å². The molecule has 0 atom stereocenters. The van der Waals surface area contributed by atoms with Crippen LogP contribution in [0, 0.1) is 11.3 Å². The molecule has 0 bridgehead atoms. The van der Waals surface area contributed by atoms with E-state index in [4.69, 9.17) is 0 Å². The molecule has 4 aromatic heterocycles. The SMILES string of the molecule is N#Cc1c(-n2c3ccccc3c3ccc4c5ccccc5n(-c5ccccc5)c4c32)ccc(-c2cccc(C(F)(F)F)c2)c1-n1c2ccccc2c2ccc3c4ccccc4n(-c4ccccc4)c3c21. The van der Waals surface area contributed by atoms with Gasteiger partial charge in [-0.05, 0) is 72.3 Å². The van der Waals surface area contributed by atoms with Crippen LogP contribution in [0.1, 0.15) is 11.1 Å². The Morgan fingerprint density at radius 2 is 0.757 bits per heavy atom. The summed E-state index contributed by atoms with van der Waals surface area (Å²) in [5.74, 6) is 0. The monoisotopic (exact) mass is 907 g/mol. The molecule has 0 unspecified atom stereocenters. The Hall–Kier alpha value is -9.32. The second-order valence-corrected chi connectivity index (χ2v) is 17.8. The van der Waals surface area contributed by atoms with Crippen molar-refractivity contribution in [1.82, 2.24) is 18.3 Å². The summed E-state index contributed by atoms with van der Waals surface area (Å²) < 4.78 is 53.2. The van der Waals surface area contributed by atoms with Crippen molar-refractivity contribution in [1.29, 1.82) is 5.26 Å². The minimum absolute atomic E-state index is 0.305. The van der Waals surface area contributed by atoms with Gasteiger partial charge < -0.3 is 18.3 Å². The molecule has 0 N–H and O–H groups in total. The number of halogens is 3. The van der Waals surface area contributed by atoms with Gasteiger partial charge in [0.1, 0.15) is 11.6 Å². The van der Waals surface area contributed by atoms with Crippen LogP contribution in [0.2, 0.25) is 0 Å². The van der Waals surface area contributed by atoms with Gasteiger partial charge in [-0.3, -0.25) is 0 Å². The summed E-state index contributed by atoms with van der Waals surface area (Å²) in [6.45, 7) is 0. The van der Waals surface area contributed by atoms with Gasteiger partial charge in [0.05, 0.1) is 61.1 Å². The fraction of sp³-hybridized carbons (Fsp3) is 0.0161. The molecule has 330 valence electrons. The Morgan fingerprint density at radius 1 is 0.357 bits per heavy atom. The van der Waals surface area contributed by atoms with Crippen molar-refractivity contribution in [3.8, 4) is 39.9 Å². The lowest BCUT2D eigenvalue weighted by Crippen LogP contribution is -2.08. The Balaban J connectivity index is 1.21. The molecule has 14 aromatic rings. The van der Waals surface area contributed by atoms with Crippen molar-refractivity contribution in [3.63, 3.8) is 0 Å². The quantitative estimate of drug-likeness (QED) is 0.170. The van der Waals surface area contributed by atoms with Gasteiger partial charge in [0, 0.05) is 60.0 Å². The third-order valence-electron chi connectivity index (χ3n) is 14.2. The van der Waals surface area contributed by atoms with Gasteiger partial charge in [-0.1, -0.05) is 152 Å². The molecular formula is C62H36F3N5. The van der Waals surface area contributed by atoms with Crippen LogP contribution in [-0.4, -0.2) is 18.3 Å². The zero-order chi connectivity index (χ0) is 46.8. The first-order valence-electron chi connectivity index (χ1n) is 23.2. The summed E-state index contributed by atoms with van der Waals surface area (Å²) in [7, 11) is 0. The maximum absolute atomic E-state index is 14.7. The second kappa shape index (κ2) is 14.8. The first-order chi connectivity index (χ1) is 34.4. The van der Waals surface area contributed by atoms with Crippen LogP contribution in [0.4, 0.5) is 13.2 Å². The molecule has 0 aliphatic carbocycles. The molecule has 14 rings (SSSR count). The van der Waals surface area contributed by atoms with Crippen molar-refractivity contribution >= 4 is 87.2 Å². The fourth-order valence-electron chi connectivity index (χ4n) is 11.4. The van der Waals surface area contributed by atoms with Crippen LogP contribution in [0.3, 0.4) is 0 Å². The van der Waals surface area contributed by atoms with E-state index in [9.17, 15) is 18.4 Å². The summed E-state index contributed by atoms with van der Waals surface area (Å²) in [4.78, 5) is 0. The first kappa shape index (κ1) is 39.8. The van der Waals surface area contributed by atoms with E-state index >= 15 is 0 Å². The van der Waals surface area contributed by atoms with Crippen molar-refractivity contribution in [2.24, 2.45) is 0 Å². The standard InChI is InChI=1S/C62H36F3N5/c63-62(64,65)39-17-15-16-38(36-39)42-34-35-56(69-54-28-13-9-24-45(54)49-32-30-47-43-22-7-11-26-52(43)67(58(47)60(49)69)40-18-3-1-4-19-40)51(37-66)57(42)70-55-29-14-10-25-46(55)50-33-31-48-44-23-8-12-27-53(44)68(59(48)61(50)70)41-20-5-2-6-21-41/h1-36H. The highest BCUT2D eigenvalue weighted by Gasteiger charge is 2.32. The second-order valence-electron chi connectivity index (χ2n) is 17.8. The smallest absolute Gasteiger partial charge is 0.307 e. The van der Waals surface area contributed by atoms with E-state index < -0.39 is 11.7 Å². The van der Waals surface area contributed by atoms with E-state index in [0.717, 1.165) is 105 Å². The molecule has 8 heteroatoms. The number of hydrogen-bond donors (Lipinski definition) is 0. The Bertz CT molecular complexity index is 4520. The summed E-state index contributed by atoms with van der Waals surface area (Å²) in [6, 6.07) is 74.3. The van der Waals surface area contributed by atoms with Gasteiger partial charge in [-0.2, -0.15) is 18.4 Å². The van der Waals surface area contributed by atoms with Crippen LogP contribution in [-0.2, 0) is 6.18 Å². The molecule has 0 radical (unpaired) electrons. The lowest BCUT2D eigenvalue weighted by atomic mass is 9.96. The third-order valence-corrected chi connectivity index (χ3v) is 14.2. The van der Waals surface area contributed by atoms with Gasteiger partial charge in [0.25, 0.3) is 0 Å². The van der Waals surface area contributed by atoms with Crippen molar-refractivity contribution in [3.05, 3.63) is 230 Å². The van der Waals surface area contributed by atoms with E-state index in [1.165, 1.54) is 12.1 Å². The summed E-state index contributed by atoms with van der Waals surface area (Å²) in [5, 5.41) is 20.2. The molecule has 70 heavy (non-hydrogen) atoms. The number of alkyl halides is 3. The number of fused-ring (bicyclic) bond motifs is 14. The van der Waals surface area contributed by atoms with Gasteiger partial charge in [0.15, 0.2) is 0 Å². The summed E-state index contributed by atoms with van der Waals surface area (Å²) in [6.07, 6.45) is -4.60. The van der Waals surface area contributed by atoms with E-state index in [-0.39, 0.29) is 0 Å². The molecule has 0 amide bonds. The van der Waals surface area contributed by atoms with Crippen molar-refractivity contribution in [2.75, 3.05) is 0 Å². The third kappa shape index (κ3) is 5.54. The molecule has 0 aliphatic rings. The van der Waals surface area contributed by atoms with Crippen molar-refractivity contribution < 1.29 is 13.2 Å². The normalized spacial score (nSPS) is 12.2. The molecule has 0 spiro atoms. The zero-order valence-corrected chi connectivity index (χ0v) is 37.2. The largest absolute Gasteiger partial charge is 0.416 e. The Morgan fingerprint density at radius 3 is 1.21 bits per heavy atom. The van der Waals surface area contributed by atoms with E-state index in [0.29, 0.717) is 28.1 Å². The van der Waals surface area contributed by atoms with E-state index in [1.54, 1.807) is 6.07 Å². The minimum atomic E-state index is -4.60. The first-order valence-corrected chi connectivity index (χ1v) is 23.2. The van der Waals surface area contributed by atoms with Crippen LogP contribution >= 0.6 is 0 Å². The van der Waals surface area contributed by atoms with Crippen molar-refractivity contribution in [2.45, 2.75) is 6.18 Å². The lowest BCUT2D eigenvalue weighted by molar-refractivity contribution is -0.137. The molecular weight excluding hydrogens is 872 g/mol. The number of nitrogens with zero attached hydrogens (tertiary/aromatic N) is 5. The highest BCUT2D eigenvalue weighted by atomic mass is 19.4. The number of hydrogen-bond acceptors (Lipinski definition) is 1. The Labute approximate surface area is 397 Å². The maximum Gasteiger partial charge on any atom is 0.416 e. The van der Waals surface area contributed by atoms with Gasteiger partial charge in [-0.15, -0.1) is 0 Å². The highest BCUT2D eigenvalue weighted by molar-refractivity contribution is 6.26. The van der Waals surface area contributed by atoms with Gasteiger partial charge in [-0.25, -0.2) is 0 Å². The molecule has 0 saturated heterocycles. The Kier molecular flexibility index (Phi) is 8.44. The number of rotatable bonds is 5. The average Bonchev–Trinajstić information content (AvgIpc) is 4.14. The lowest BCUT2D eigenvalue weighted by Gasteiger charge is -2.21. The number of para-hydroxylation sites is 6. The van der Waals surface area contributed by atoms with Crippen LogP contribution in [0.25, 0.3) is 121 Å². The molecule has 10 aromatic carbocycles. The summed E-state index contributed by atoms with van der Waals surface area (Å²) in [5.41, 5.74) is 10.7. The van der Waals surface area contributed by atoms with Gasteiger partial charge in [0.2, 0.25) is 0 Å². The predicted octanol–water partition coefficient (Wildman–Crippen LogP) is 16.6. The van der Waals surface area contributed by atoms with E-state index in [2.05, 4.69) is 127 Å². The molecule has 4 heterocycles. The predicted molar refractivity (Wildman–Crippen MR) is 279 cm³/mol. The molecule has 5 nitrogen and oxygen atoms in total. The van der Waals surface area contributed by atoms with E-state index in [1.807, 2.05) is 91.0 Å². The van der Waals surface area contributed by atoms with Crippen LogP contribution in [0.15, 0.2) is 218 Å². The maximum atomic E-state index is 14.7. The average molecular weight is 908 g/mol. The number of nitriles is 1. The summed E-state index contributed by atoms with van der Waals surface area (Å²) >= 11 is 0. The van der Waals surface area contributed by atoms with Gasteiger partial charge >= 0.3 is 6.18 Å². The molecule has 0 saturated carbocycles. The number of benzene rings is 10. The number of aromatic nitrogens is 4.